The number of fused-ring (bicyclic) bond motifs is 1. The van der Waals surface area contributed by atoms with E-state index >= 15 is 0 Å². The van der Waals surface area contributed by atoms with Crippen LogP contribution in [0, 0.1) is 5.92 Å². The molecule has 0 spiro atoms. The Morgan fingerprint density at radius 2 is 2.25 bits per heavy atom. The maximum Gasteiger partial charge on any atom is 0.147 e. The molecule has 1 saturated carbocycles. The molecular weight excluding hydrogens is 272 g/mol. The molecule has 1 aliphatic carbocycles. The summed E-state index contributed by atoms with van der Waals surface area (Å²) in [5.74, 6) is 3.35. The molecule has 4 heteroatoms. The maximum atomic E-state index is 5.95. The van der Waals surface area contributed by atoms with Crippen LogP contribution in [0.1, 0.15) is 38.6 Å². The fraction of sp³-hybridized carbons (Fsp3) is 0.562. The van der Waals surface area contributed by atoms with Gasteiger partial charge in [-0.05, 0) is 44.7 Å². The minimum absolute atomic E-state index is 0.495. The molecule has 1 fully saturated rings. The number of imidazole rings is 1. The van der Waals surface area contributed by atoms with E-state index in [9.17, 15) is 0 Å². The summed E-state index contributed by atoms with van der Waals surface area (Å²) in [4.78, 5) is 4.81. The second kappa shape index (κ2) is 5.65. The Hall–Kier alpha value is -1.22. The summed E-state index contributed by atoms with van der Waals surface area (Å²) in [5, 5.41) is 0. The van der Waals surface area contributed by atoms with E-state index in [1.165, 1.54) is 18.4 Å². The average Bonchev–Trinajstić information content (AvgIpc) is 3.21. The summed E-state index contributed by atoms with van der Waals surface area (Å²) in [6.45, 7) is 4.96. The van der Waals surface area contributed by atoms with Gasteiger partial charge in [0.25, 0.3) is 0 Å². The van der Waals surface area contributed by atoms with Crippen molar-refractivity contribution in [2.45, 2.75) is 39.2 Å². The molecule has 0 bridgehead atoms. The van der Waals surface area contributed by atoms with Crippen LogP contribution in [0.5, 0.6) is 5.75 Å². The Morgan fingerprint density at radius 1 is 1.45 bits per heavy atom. The summed E-state index contributed by atoms with van der Waals surface area (Å²) in [6, 6.07) is 6.68. The molecule has 0 radical (unpaired) electrons. The van der Waals surface area contributed by atoms with Crippen LogP contribution in [-0.4, -0.2) is 22.0 Å². The summed E-state index contributed by atoms with van der Waals surface area (Å²) < 4.78 is 8.09. The topological polar surface area (TPSA) is 27.1 Å². The first-order chi connectivity index (χ1) is 9.76. The predicted molar refractivity (Wildman–Crippen MR) is 82.8 cm³/mol. The van der Waals surface area contributed by atoms with Gasteiger partial charge < -0.3 is 9.30 Å². The normalized spacial score (nSPS) is 16.6. The molecule has 0 amide bonds. The van der Waals surface area contributed by atoms with E-state index in [0.717, 1.165) is 29.4 Å². The quantitative estimate of drug-likeness (QED) is 0.747. The van der Waals surface area contributed by atoms with Gasteiger partial charge in [0.05, 0.1) is 12.1 Å². The Bertz CT molecular complexity index is 604. The number of nitrogens with zero attached hydrogens (tertiary/aromatic N) is 2. The molecule has 1 aromatic carbocycles. The van der Waals surface area contributed by atoms with E-state index in [1.54, 1.807) is 0 Å². The minimum atomic E-state index is 0.495. The van der Waals surface area contributed by atoms with E-state index in [0.29, 0.717) is 18.5 Å². The van der Waals surface area contributed by atoms with Crippen molar-refractivity contribution in [3.8, 4) is 5.75 Å². The van der Waals surface area contributed by atoms with Crippen molar-refractivity contribution in [3.63, 3.8) is 0 Å². The van der Waals surface area contributed by atoms with Crippen LogP contribution in [0.4, 0.5) is 0 Å². The Kier molecular flexibility index (Phi) is 3.88. The number of ether oxygens (including phenoxy) is 1. The highest BCUT2D eigenvalue weighted by Crippen LogP contribution is 2.42. The summed E-state index contributed by atoms with van der Waals surface area (Å²) in [6.07, 6.45) is 3.46. The monoisotopic (exact) mass is 292 g/mol. The molecule has 20 heavy (non-hydrogen) atoms. The van der Waals surface area contributed by atoms with Crippen LogP contribution in [0.2, 0.25) is 0 Å². The standard InChI is InChI=1S/C16H21ClN2O/c1-3-20-14-6-4-5-13-16(14)18-15(9-10-17)19(13)11(2)12-7-8-12/h4-6,11-12H,3,7-10H2,1-2H3. The molecule has 1 heterocycles. The largest absolute Gasteiger partial charge is 0.492 e. The average molecular weight is 293 g/mol. The van der Waals surface area contributed by atoms with Gasteiger partial charge in [0.15, 0.2) is 0 Å². The van der Waals surface area contributed by atoms with Crippen LogP contribution in [0.15, 0.2) is 18.2 Å². The van der Waals surface area contributed by atoms with Crippen molar-refractivity contribution in [2.24, 2.45) is 5.92 Å². The molecule has 3 rings (SSSR count). The Morgan fingerprint density at radius 3 is 2.90 bits per heavy atom. The lowest BCUT2D eigenvalue weighted by molar-refractivity contribution is 0.343. The predicted octanol–water partition coefficient (Wildman–Crippen LogP) is 4.19. The Labute approximate surface area is 124 Å². The smallest absolute Gasteiger partial charge is 0.147 e. The van der Waals surface area contributed by atoms with E-state index < -0.39 is 0 Å². The minimum Gasteiger partial charge on any atom is -0.492 e. The molecule has 1 aliphatic rings. The lowest BCUT2D eigenvalue weighted by Crippen LogP contribution is -2.11. The summed E-state index contributed by atoms with van der Waals surface area (Å²) in [5.41, 5.74) is 2.15. The third-order valence-corrected chi connectivity index (χ3v) is 4.27. The number of hydrogen-bond acceptors (Lipinski definition) is 2. The van der Waals surface area contributed by atoms with Crippen molar-refractivity contribution in [1.29, 1.82) is 0 Å². The number of halogens is 1. The van der Waals surface area contributed by atoms with Crippen LogP contribution in [-0.2, 0) is 6.42 Å². The van der Waals surface area contributed by atoms with E-state index in [4.69, 9.17) is 21.3 Å². The second-order valence-corrected chi connectivity index (χ2v) is 5.85. The molecule has 108 valence electrons. The van der Waals surface area contributed by atoms with Crippen LogP contribution >= 0.6 is 11.6 Å². The van der Waals surface area contributed by atoms with Crippen molar-refractivity contribution < 1.29 is 4.74 Å². The SMILES string of the molecule is CCOc1cccc2c1nc(CCCl)n2C(C)C1CC1. The van der Waals surface area contributed by atoms with Gasteiger partial charge in [0.2, 0.25) is 0 Å². The molecule has 0 aliphatic heterocycles. The third-order valence-electron chi connectivity index (χ3n) is 4.09. The van der Waals surface area contributed by atoms with Gasteiger partial charge in [-0.3, -0.25) is 0 Å². The molecule has 0 saturated heterocycles. The van der Waals surface area contributed by atoms with Gasteiger partial charge in [-0.2, -0.15) is 0 Å². The number of benzene rings is 1. The number of para-hydroxylation sites is 1. The van der Waals surface area contributed by atoms with Crippen molar-refractivity contribution in [2.75, 3.05) is 12.5 Å². The zero-order valence-corrected chi connectivity index (χ0v) is 12.9. The molecule has 2 aromatic rings. The lowest BCUT2D eigenvalue weighted by atomic mass is 10.2. The van der Waals surface area contributed by atoms with Gasteiger partial charge >= 0.3 is 0 Å². The molecular formula is C16H21ClN2O. The summed E-state index contributed by atoms with van der Waals surface area (Å²) in [7, 11) is 0. The zero-order chi connectivity index (χ0) is 14.1. The first-order valence-electron chi connectivity index (χ1n) is 7.44. The van der Waals surface area contributed by atoms with Gasteiger partial charge in [0, 0.05) is 18.3 Å². The highest BCUT2D eigenvalue weighted by molar-refractivity contribution is 6.17. The van der Waals surface area contributed by atoms with E-state index in [-0.39, 0.29) is 0 Å². The number of hydrogen-bond donors (Lipinski definition) is 0. The van der Waals surface area contributed by atoms with Crippen molar-refractivity contribution >= 4 is 22.6 Å². The van der Waals surface area contributed by atoms with Gasteiger partial charge in [-0.15, -0.1) is 11.6 Å². The van der Waals surface area contributed by atoms with E-state index in [1.807, 2.05) is 13.0 Å². The first-order valence-corrected chi connectivity index (χ1v) is 7.98. The van der Waals surface area contributed by atoms with Crippen LogP contribution < -0.4 is 4.74 Å². The maximum absolute atomic E-state index is 5.95. The number of aromatic nitrogens is 2. The van der Waals surface area contributed by atoms with Crippen LogP contribution in [0.3, 0.4) is 0 Å². The molecule has 0 N–H and O–H groups in total. The van der Waals surface area contributed by atoms with Gasteiger partial charge in [0.1, 0.15) is 17.1 Å². The third kappa shape index (κ3) is 2.39. The van der Waals surface area contributed by atoms with Gasteiger partial charge in [-0.1, -0.05) is 6.07 Å². The van der Waals surface area contributed by atoms with Crippen molar-refractivity contribution in [3.05, 3.63) is 24.0 Å². The molecule has 1 atom stereocenters. The number of rotatable bonds is 6. The lowest BCUT2D eigenvalue weighted by Gasteiger charge is -2.16. The molecule has 3 nitrogen and oxygen atoms in total. The highest BCUT2D eigenvalue weighted by Gasteiger charge is 2.31. The number of aryl methyl sites for hydroxylation is 1. The Balaban J connectivity index is 2.13. The number of alkyl halides is 1. The van der Waals surface area contributed by atoms with Gasteiger partial charge in [-0.25, -0.2) is 4.98 Å². The van der Waals surface area contributed by atoms with Crippen molar-refractivity contribution in [1.82, 2.24) is 9.55 Å². The fourth-order valence-electron chi connectivity index (χ4n) is 2.92. The molecule has 1 aromatic heterocycles. The zero-order valence-electron chi connectivity index (χ0n) is 12.1. The van der Waals surface area contributed by atoms with E-state index in [2.05, 4.69) is 23.6 Å². The van der Waals surface area contributed by atoms with Crippen LogP contribution in [0.25, 0.3) is 11.0 Å². The molecule has 1 unspecified atom stereocenters. The fourth-order valence-corrected chi connectivity index (χ4v) is 3.09. The highest BCUT2D eigenvalue weighted by atomic mass is 35.5. The first kappa shape index (κ1) is 13.7. The summed E-state index contributed by atoms with van der Waals surface area (Å²) >= 11 is 5.95. The second-order valence-electron chi connectivity index (χ2n) is 5.47.